The molecule has 1 aliphatic rings. The molecule has 1 N–H and O–H groups in total. The van der Waals surface area contributed by atoms with Crippen molar-refractivity contribution in [3.8, 4) is 0 Å². The van der Waals surface area contributed by atoms with Gasteiger partial charge in [-0.3, -0.25) is 4.99 Å². The van der Waals surface area contributed by atoms with Crippen molar-refractivity contribution in [3.63, 3.8) is 0 Å². The molecule has 1 aromatic rings. The van der Waals surface area contributed by atoms with Crippen LogP contribution in [0.25, 0.3) is 0 Å². The van der Waals surface area contributed by atoms with Gasteiger partial charge in [0.25, 0.3) is 0 Å². The van der Waals surface area contributed by atoms with E-state index in [2.05, 4.69) is 4.99 Å². The second-order valence-corrected chi connectivity index (χ2v) is 5.02. The van der Waals surface area contributed by atoms with E-state index < -0.39 is 12.0 Å². The highest BCUT2D eigenvalue weighted by atomic mass is 35.5. The average Bonchev–Trinajstić information content (AvgIpc) is 2.66. The molecule has 16 heavy (non-hydrogen) atoms. The summed E-state index contributed by atoms with van der Waals surface area (Å²) in [5.74, 6) is -0.502. The lowest BCUT2D eigenvalue weighted by atomic mass is 10.2. The predicted molar refractivity (Wildman–Crippen MR) is 66.9 cm³/mol. The molecule has 0 fully saturated rings. The molecule has 0 bridgehead atoms. The third-order valence-electron chi connectivity index (χ3n) is 2.11. The number of halogens is 2. The van der Waals surface area contributed by atoms with Gasteiger partial charge in [-0.15, -0.1) is 11.8 Å². The van der Waals surface area contributed by atoms with Crippen LogP contribution in [-0.4, -0.2) is 27.9 Å². The molecule has 3 nitrogen and oxygen atoms in total. The summed E-state index contributed by atoms with van der Waals surface area (Å²) in [5.41, 5.74) is 0.625. The predicted octanol–water partition coefficient (Wildman–Crippen LogP) is 2.94. The Bertz CT molecular complexity index is 456. The van der Waals surface area contributed by atoms with Gasteiger partial charge < -0.3 is 5.11 Å². The Morgan fingerprint density at radius 2 is 2.06 bits per heavy atom. The van der Waals surface area contributed by atoms with E-state index in [1.54, 1.807) is 18.2 Å². The van der Waals surface area contributed by atoms with E-state index in [1.807, 2.05) is 0 Å². The van der Waals surface area contributed by atoms with Gasteiger partial charge in [-0.1, -0.05) is 29.3 Å². The topological polar surface area (TPSA) is 49.7 Å². The number of carbonyl (C=O) groups is 1. The second kappa shape index (κ2) is 4.65. The number of aliphatic carboxylic acids is 1. The minimum absolute atomic E-state index is 0.423. The molecule has 0 radical (unpaired) electrons. The van der Waals surface area contributed by atoms with Crippen molar-refractivity contribution in [2.75, 3.05) is 5.75 Å². The Balaban J connectivity index is 2.39. The van der Waals surface area contributed by atoms with Gasteiger partial charge in [0.05, 0.1) is 10.0 Å². The molecule has 0 saturated carbocycles. The van der Waals surface area contributed by atoms with Crippen molar-refractivity contribution in [1.82, 2.24) is 0 Å². The Labute approximate surface area is 106 Å². The summed E-state index contributed by atoms with van der Waals surface area (Å²) in [4.78, 5) is 14.9. The largest absolute Gasteiger partial charge is 0.480 e. The lowest BCUT2D eigenvalue weighted by molar-refractivity contribution is -0.137. The summed E-state index contributed by atoms with van der Waals surface area (Å²) in [5, 5.41) is 10.4. The first-order chi connectivity index (χ1) is 7.59. The van der Waals surface area contributed by atoms with Gasteiger partial charge in [-0.05, 0) is 12.1 Å². The van der Waals surface area contributed by atoms with Crippen molar-refractivity contribution >= 4 is 46.0 Å². The van der Waals surface area contributed by atoms with Crippen LogP contribution in [0.3, 0.4) is 0 Å². The molecule has 0 saturated heterocycles. The van der Waals surface area contributed by atoms with Crippen molar-refractivity contribution < 1.29 is 9.90 Å². The van der Waals surface area contributed by atoms with E-state index in [9.17, 15) is 4.79 Å². The summed E-state index contributed by atoms with van der Waals surface area (Å²) < 4.78 is 0. The number of benzene rings is 1. The van der Waals surface area contributed by atoms with Crippen LogP contribution in [0.1, 0.15) is 5.56 Å². The minimum atomic E-state index is -0.925. The van der Waals surface area contributed by atoms with Crippen LogP contribution in [0.4, 0.5) is 0 Å². The number of rotatable bonds is 2. The standard InChI is InChI=1S/C10H7Cl2NO2S/c11-5-2-1-3-6(12)8(5)9-13-7(4-16-9)10(14)15/h1-3,7H,4H2,(H,14,15)/t7-/m0/s1. The van der Waals surface area contributed by atoms with Crippen LogP contribution in [0.5, 0.6) is 0 Å². The second-order valence-electron chi connectivity index (χ2n) is 3.20. The zero-order valence-electron chi connectivity index (χ0n) is 7.98. The first-order valence-corrected chi connectivity index (χ1v) is 6.21. The molecule has 0 spiro atoms. The number of hydrogen-bond donors (Lipinski definition) is 1. The Hall–Kier alpha value is -0.710. The highest BCUT2D eigenvalue weighted by Crippen LogP contribution is 2.32. The van der Waals surface area contributed by atoms with Gasteiger partial charge >= 0.3 is 5.97 Å². The van der Waals surface area contributed by atoms with E-state index in [-0.39, 0.29) is 0 Å². The Kier molecular flexibility index (Phi) is 3.42. The van der Waals surface area contributed by atoms with Crippen LogP contribution >= 0.6 is 35.0 Å². The maximum absolute atomic E-state index is 10.8. The monoisotopic (exact) mass is 275 g/mol. The fraction of sp³-hybridized carbons (Fsp3) is 0.200. The number of nitrogens with zero attached hydrogens (tertiary/aromatic N) is 1. The molecular formula is C10H7Cl2NO2S. The fourth-order valence-electron chi connectivity index (χ4n) is 1.34. The van der Waals surface area contributed by atoms with Gasteiger partial charge in [-0.2, -0.15) is 0 Å². The first-order valence-electron chi connectivity index (χ1n) is 4.47. The van der Waals surface area contributed by atoms with E-state index in [1.165, 1.54) is 11.8 Å². The lowest BCUT2D eigenvalue weighted by Crippen LogP contribution is -2.17. The van der Waals surface area contributed by atoms with Crippen LogP contribution in [0.15, 0.2) is 23.2 Å². The summed E-state index contributed by atoms with van der Waals surface area (Å²) in [6.45, 7) is 0. The van der Waals surface area contributed by atoms with E-state index in [4.69, 9.17) is 28.3 Å². The molecule has 2 rings (SSSR count). The molecular weight excluding hydrogens is 269 g/mol. The molecule has 1 heterocycles. The summed E-state index contributed by atoms with van der Waals surface area (Å²) in [6.07, 6.45) is 0. The lowest BCUT2D eigenvalue weighted by Gasteiger charge is -2.04. The number of carboxylic acids is 1. The van der Waals surface area contributed by atoms with Crippen molar-refractivity contribution in [2.24, 2.45) is 4.99 Å². The average molecular weight is 276 g/mol. The number of thioether (sulfide) groups is 1. The number of aliphatic imine (C=N–C) groups is 1. The molecule has 1 aromatic carbocycles. The van der Waals surface area contributed by atoms with Gasteiger partial charge in [0.15, 0.2) is 6.04 Å². The SMILES string of the molecule is O=C(O)[C@@H]1CSC(c2c(Cl)cccc2Cl)=N1. The zero-order chi connectivity index (χ0) is 11.7. The maximum atomic E-state index is 10.8. The third kappa shape index (κ3) is 2.19. The van der Waals surface area contributed by atoms with E-state index in [0.29, 0.717) is 26.4 Å². The molecule has 84 valence electrons. The fourth-order valence-corrected chi connectivity index (χ4v) is 3.13. The molecule has 0 unspecified atom stereocenters. The van der Waals surface area contributed by atoms with Crippen LogP contribution < -0.4 is 0 Å². The summed E-state index contributed by atoms with van der Waals surface area (Å²) >= 11 is 13.4. The molecule has 0 aromatic heterocycles. The number of hydrogen-bond acceptors (Lipinski definition) is 3. The van der Waals surface area contributed by atoms with Gasteiger partial charge in [0, 0.05) is 11.3 Å². The first kappa shape index (κ1) is 11.8. The quantitative estimate of drug-likeness (QED) is 0.903. The maximum Gasteiger partial charge on any atom is 0.329 e. The van der Waals surface area contributed by atoms with Crippen LogP contribution in [0, 0.1) is 0 Å². The summed E-state index contributed by atoms with van der Waals surface area (Å²) in [7, 11) is 0. The Morgan fingerprint density at radius 3 is 2.56 bits per heavy atom. The van der Waals surface area contributed by atoms with Crippen molar-refractivity contribution in [3.05, 3.63) is 33.8 Å². The highest BCUT2D eigenvalue weighted by Gasteiger charge is 2.27. The molecule has 1 aliphatic heterocycles. The van der Waals surface area contributed by atoms with Gasteiger partial charge in [-0.25, -0.2) is 4.79 Å². The van der Waals surface area contributed by atoms with Crippen LogP contribution in [0.2, 0.25) is 10.0 Å². The van der Waals surface area contributed by atoms with Crippen molar-refractivity contribution in [2.45, 2.75) is 6.04 Å². The minimum Gasteiger partial charge on any atom is -0.480 e. The van der Waals surface area contributed by atoms with E-state index >= 15 is 0 Å². The smallest absolute Gasteiger partial charge is 0.329 e. The van der Waals surface area contributed by atoms with E-state index in [0.717, 1.165) is 0 Å². The molecule has 0 amide bonds. The van der Waals surface area contributed by atoms with Crippen molar-refractivity contribution in [1.29, 1.82) is 0 Å². The Morgan fingerprint density at radius 1 is 1.44 bits per heavy atom. The van der Waals surface area contributed by atoms with Gasteiger partial charge in [0.1, 0.15) is 5.04 Å². The zero-order valence-corrected chi connectivity index (χ0v) is 10.3. The molecule has 0 aliphatic carbocycles. The normalized spacial score (nSPS) is 19.6. The number of carboxylic acid groups (broad SMARTS) is 1. The third-order valence-corrected chi connectivity index (χ3v) is 3.81. The summed E-state index contributed by atoms with van der Waals surface area (Å²) in [6, 6.07) is 4.45. The highest BCUT2D eigenvalue weighted by molar-refractivity contribution is 8.14. The molecule has 6 heteroatoms. The van der Waals surface area contributed by atoms with Gasteiger partial charge in [0.2, 0.25) is 0 Å². The van der Waals surface area contributed by atoms with Crippen LogP contribution in [-0.2, 0) is 4.79 Å². The molecule has 1 atom stereocenters.